The van der Waals surface area contributed by atoms with Gasteiger partial charge in [-0.1, -0.05) is 0 Å². The molecule has 1 N–H and O–H groups in total. The maximum absolute atomic E-state index is 13.0. The molecule has 4 aromatic rings. The number of nitrogens with zero attached hydrogens (tertiary/aromatic N) is 5. The van der Waals surface area contributed by atoms with Crippen molar-refractivity contribution in [3.05, 3.63) is 71.3 Å². The molecule has 2 aromatic heterocycles. The topological polar surface area (TPSA) is 97.7 Å². The molecule has 0 spiro atoms. The van der Waals surface area contributed by atoms with E-state index in [0.717, 1.165) is 18.3 Å². The predicted octanol–water partition coefficient (Wildman–Crippen LogP) is 6.40. The Hall–Kier alpha value is -4.87. The van der Waals surface area contributed by atoms with Gasteiger partial charge in [-0.2, -0.15) is 13.2 Å². The summed E-state index contributed by atoms with van der Waals surface area (Å²) in [4.78, 5) is 29.3. The fourth-order valence-corrected chi connectivity index (χ4v) is 4.48. The summed E-state index contributed by atoms with van der Waals surface area (Å²) in [6, 6.07) is 9.06. The van der Waals surface area contributed by atoms with Crippen molar-refractivity contribution in [3.63, 3.8) is 0 Å². The minimum absolute atomic E-state index is 0.00485. The molecule has 5 rings (SSSR count). The van der Waals surface area contributed by atoms with Crippen LogP contribution in [0.3, 0.4) is 0 Å². The Balaban J connectivity index is 1.19. The fraction of sp³-hybridized carbons (Fsp3) is 0.296. The van der Waals surface area contributed by atoms with Crippen molar-refractivity contribution >= 4 is 28.6 Å². The molecule has 0 radical (unpaired) electrons. The minimum atomic E-state index is -5.00. The zero-order chi connectivity index (χ0) is 30.1. The van der Waals surface area contributed by atoms with E-state index in [1.54, 1.807) is 4.90 Å². The first-order valence-corrected chi connectivity index (χ1v) is 12.5. The lowest BCUT2D eigenvalue weighted by Crippen LogP contribution is -2.39. The molecule has 3 heterocycles. The van der Waals surface area contributed by atoms with Gasteiger partial charge in [-0.3, -0.25) is 4.79 Å². The Bertz CT molecular complexity index is 1640. The Morgan fingerprint density at radius 2 is 1.79 bits per heavy atom. The van der Waals surface area contributed by atoms with E-state index in [4.69, 9.17) is 11.0 Å². The average molecular weight is 590 g/mol. The summed E-state index contributed by atoms with van der Waals surface area (Å²) in [5.41, 5.74) is -0.676. The van der Waals surface area contributed by atoms with Gasteiger partial charge < -0.3 is 19.4 Å². The van der Waals surface area contributed by atoms with Crippen molar-refractivity contribution in [3.8, 4) is 17.2 Å². The third-order valence-electron chi connectivity index (χ3n) is 6.57. The highest BCUT2D eigenvalue weighted by molar-refractivity contribution is 5.94. The van der Waals surface area contributed by atoms with Crippen LogP contribution in [0.4, 0.5) is 38.0 Å². The Morgan fingerprint density at radius 1 is 1.07 bits per heavy atom. The minimum Gasteiger partial charge on any atom is -0.432 e. The third-order valence-corrected chi connectivity index (χ3v) is 6.57. The molecule has 0 atom stereocenters. The summed E-state index contributed by atoms with van der Waals surface area (Å²) in [5.74, 6) is -0.951. The molecule has 1 aliphatic rings. The van der Waals surface area contributed by atoms with Gasteiger partial charge in [0.15, 0.2) is 17.0 Å². The maximum Gasteiger partial charge on any atom is 0.573 e. The van der Waals surface area contributed by atoms with Gasteiger partial charge in [0.2, 0.25) is 11.8 Å². The number of amides is 1. The summed E-state index contributed by atoms with van der Waals surface area (Å²) in [6.45, 7) is 8.33. The highest BCUT2D eigenvalue weighted by atomic mass is 19.4. The number of hydrogen-bond donors (Lipinski definition) is 1. The van der Waals surface area contributed by atoms with E-state index in [-0.39, 0.29) is 40.5 Å². The van der Waals surface area contributed by atoms with Crippen molar-refractivity contribution in [2.75, 3.05) is 24.5 Å². The highest BCUT2D eigenvalue weighted by Gasteiger charge is 2.34. The van der Waals surface area contributed by atoms with Crippen molar-refractivity contribution < 1.29 is 40.3 Å². The van der Waals surface area contributed by atoms with Crippen LogP contribution in [0.5, 0.6) is 5.75 Å². The summed E-state index contributed by atoms with van der Waals surface area (Å²) >= 11 is 0. The number of piperidine rings is 1. The molecule has 0 saturated carbocycles. The second-order valence-electron chi connectivity index (χ2n) is 9.43. The number of rotatable bonds is 6. The number of fused-ring (bicyclic) bond motifs is 1. The number of alkyl halides is 6. The number of carbonyl (C=O) groups excluding carboxylic acids is 1. The van der Waals surface area contributed by atoms with Crippen molar-refractivity contribution in [1.82, 2.24) is 20.3 Å². The van der Waals surface area contributed by atoms with Gasteiger partial charge in [-0.25, -0.2) is 19.8 Å². The number of hydrogen-bond acceptors (Lipinski definition) is 7. The Morgan fingerprint density at radius 3 is 2.43 bits per heavy atom. The van der Waals surface area contributed by atoms with Crippen LogP contribution < -0.4 is 15.0 Å². The van der Waals surface area contributed by atoms with Gasteiger partial charge in [0.1, 0.15) is 11.2 Å². The van der Waals surface area contributed by atoms with Crippen molar-refractivity contribution in [1.29, 1.82) is 0 Å². The summed E-state index contributed by atoms with van der Waals surface area (Å²) in [5, 5.41) is 2.85. The molecule has 9 nitrogen and oxygen atoms in total. The van der Waals surface area contributed by atoms with E-state index in [0.29, 0.717) is 43.6 Å². The second-order valence-corrected chi connectivity index (χ2v) is 9.43. The fourth-order valence-electron chi connectivity index (χ4n) is 4.48. The van der Waals surface area contributed by atoms with Crippen LogP contribution in [-0.2, 0) is 6.18 Å². The number of nitrogens with one attached hydrogen (secondary N) is 1. The lowest BCUT2D eigenvalue weighted by Gasteiger charge is -2.32. The largest absolute Gasteiger partial charge is 0.573 e. The van der Waals surface area contributed by atoms with Gasteiger partial charge in [-0.15, -0.1) is 13.2 Å². The zero-order valence-corrected chi connectivity index (χ0v) is 21.5. The molecule has 0 aliphatic carbocycles. The number of aromatic nitrogens is 3. The molecule has 15 heteroatoms. The molecule has 0 bridgehead atoms. The van der Waals surface area contributed by atoms with Crippen LogP contribution in [0.2, 0.25) is 0 Å². The van der Waals surface area contributed by atoms with Gasteiger partial charge in [-0.05, 0) is 61.2 Å². The maximum atomic E-state index is 13.0. The SMILES string of the molecule is [C-]#[N+]c1cc(OC(F)(F)F)c2oc(-c3ccc(C(=O)NCC4CCN(c5nccc(C(F)(F)F)n5)CC4)cc3)nc2c1. The van der Waals surface area contributed by atoms with Crippen LogP contribution in [0.25, 0.3) is 27.4 Å². The molecule has 218 valence electrons. The molecule has 42 heavy (non-hydrogen) atoms. The van der Waals surface area contributed by atoms with E-state index in [9.17, 15) is 31.1 Å². The van der Waals surface area contributed by atoms with Crippen LogP contribution >= 0.6 is 0 Å². The van der Waals surface area contributed by atoms with Crippen LogP contribution in [0.1, 0.15) is 28.9 Å². The van der Waals surface area contributed by atoms with Gasteiger partial charge >= 0.3 is 12.5 Å². The highest BCUT2D eigenvalue weighted by Crippen LogP contribution is 2.37. The lowest BCUT2D eigenvalue weighted by molar-refractivity contribution is -0.274. The Labute approximate surface area is 234 Å². The first-order valence-electron chi connectivity index (χ1n) is 12.5. The standard InChI is InChI=1S/C27H20F6N6O3/c1-34-18-12-19-22(20(13-18)42-27(31,32)33)41-24(37-19)17-4-2-16(3-5-17)23(40)36-14-15-7-10-39(11-8-15)25-35-9-6-21(38-25)26(28,29)30/h2-6,9,12-13,15H,7-8,10-11,14H2,(H,36,40). The number of anilines is 1. The normalized spacial score (nSPS) is 14.5. The smallest absolute Gasteiger partial charge is 0.432 e. The summed E-state index contributed by atoms with van der Waals surface area (Å²) in [7, 11) is 0. The van der Waals surface area contributed by atoms with E-state index in [1.807, 2.05) is 0 Å². The molecule has 2 aromatic carbocycles. The summed E-state index contributed by atoms with van der Waals surface area (Å²) in [6.07, 6.45) is -7.24. The summed E-state index contributed by atoms with van der Waals surface area (Å²) < 4.78 is 86.9. The number of oxazole rings is 1. The van der Waals surface area contributed by atoms with Gasteiger partial charge in [0.25, 0.3) is 5.91 Å². The average Bonchev–Trinajstić information content (AvgIpc) is 3.40. The molecule has 1 aliphatic heterocycles. The molecular weight excluding hydrogens is 570 g/mol. The monoisotopic (exact) mass is 590 g/mol. The molecule has 1 saturated heterocycles. The van der Waals surface area contributed by atoms with E-state index in [1.165, 1.54) is 30.3 Å². The zero-order valence-electron chi connectivity index (χ0n) is 21.5. The first-order chi connectivity index (χ1) is 19.9. The van der Waals surface area contributed by atoms with Crippen LogP contribution in [0.15, 0.2) is 53.1 Å². The van der Waals surface area contributed by atoms with Gasteiger partial charge in [0, 0.05) is 37.0 Å². The van der Waals surface area contributed by atoms with Crippen LogP contribution in [0, 0.1) is 12.5 Å². The third kappa shape index (κ3) is 6.54. The molecular formula is C27H20F6N6O3. The first kappa shape index (κ1) is 28.7. The number of halogens is 6. The van der Waals surface area contributed by atoms with E-state index < -0.39 is 24.0 Å². The molecule has 1 amide bonds. The van der Waals surface area contributed by atoms with Crippen molar-refractivity contribution in [2.24, 2.45) is 5.92 Å². The van der Waals surface area contributed by atoms with E-state index in [2.05, 4.69) is 29.9 Å². The molecule has 1 fully saturated rings. The second kappa shape index (κ2) is 11.2. The van der Waals surface area contributed by atoms with Gasteiger partial charge in [0.05, 0.1) is 6.57 Å². The predicted molar refractivity (Wildman–Crippen MR) is 137 cm³/mol. The number of benzene rings is 2. The van der Waals surface area contributed by atoms with Crippen molar-refractivity contribution in [2.45, 2.75) is 25.4 Å². The Kier molecular flexibility index (Phi) is 7.63. The quantitative estimate of drug-likeness (QED) is 0.205. The number of ether oxygens (including phenoxy) is 1. The lowest BCUT2D eigenvalue weighted by atomic mass is 9.97. The number of carbonyl (C=O) groups is 1. The van der Waals surface area contributed by atoms with E-state index >= 15 is 0 Å². The molecule has 0 unspecified atom stereocenters. The van der Waals surface area contributed by atoms with Crippen LogP contribution in [-0.4, -0.2) is 46.9 Å².